The van der Waals surface area contributed by atoms with Gasteiger partial charge in [0.2, 0.25) is 34.8 Å². The van der Waals surface area contributed by atoms with Crippen molar-refractivity contribution in [2.45, 2.75) is 0 Å². The van der Waals surface area contributed by atoms with Crippen molar-refractivity contribution < 1.29 is 36.3 Å². The predicted molar refractivity (Wildman–Crippen MR) is 116 cm³/mol. The molecule has 6 nitrogen and oxygen atoms in total. The maximum atomic E-state index is 13.8. The second-order valence-corrected chi connectivity index (χ2v) is 7.50. The van der Waals surface area contributed by atoms with Gasteiger partial charge < -0.3 is 20.0 Å². The number of amides is 1. The first-order chi connectivity index (χ1) is 16.7. The van der Waals surface area contributed by atoms with E-state index in [9.17, 15) is 31.5 Å². The summed E-state index contributed by atoms with van der Waals surface area (Å²) in [6.07, 6.45) is 0. The van der Waals surface area contributed by atoms with Crippen molar-refractivity contribution in [3.8, 4) is 5.75 Å². The Hall–Kier alpha value is -4.67. The van der Waals surface area contributed by atoms with Crippen molar-refractivity contribution in [3.63, 3.8) is 0 Å². The maximum Gasteiger partial charge on any atom is 0.360 e. The summed E-state index contributed by atoms with van der Waals surface area (Å²) >= 11 is 0. The molecule has 0 bridgehead atoms. The van der Waals surface area contributed by atoms with Gasteiger partial charge in [0.05, 0.1) is 0 Å². The van der Waals surface area contributed by atoms with E-state index in [1.165, 1.54) is 18.2 Å². The van der Waals surface area contributed by atoms with E-state index in [0.29, 0.717) is 22.3 Å². The van der Waals surface area contributed by atoms with Crippen LogP contribution in [0.2, 0.25) is 0 Å². The lowest BCUT2D eigenvalue weighted by atomic mass is 10.2. The molecule has 2 aromatic heterocycles. The minimum Gasteiger partial charge on any atom is -0.415 e. The number of carbonyl (C=O) groups excluding carboxylic acids is 2. The third-order valence-corrected chi connectivity index (χ3v) is 5.24. The van der Waals surface area contributed by atoms with E-state index in [-0.39, 0.29) is 5.69 Å². The topological polar surface area (TPSA) is 87.0 Å². The molecule has 11 heteroatoms. The van der Waals surface area contributed by atoms with Crippen LogP contribution in [0.25, 0.3) is 21.8 Å². The standard InChI is InChI=1S/C24H12F5N3O3/c25-17-18(26)20(28)22(21(29)19(17)27)35-24(34)16-9-11-7-12(5-6-14(11)32-16)30-23(33)15-8-10-3-1-2-4-13(10)31-15/h1-9,31-32H,(H,30,33). The fourth-order valence-electron chi connectivity index (χ4n) is 3.54. The van der Waals surface area contributed by atoms with Gasteiger partial charge in [-0.25, -0.2) is 18.0 Å². The van der Waals surface area contributed by atoms with Crippen LogP contribution in [0.1, 0.15) is 21.0 Å². The van der Waals surface area contributed by atoms with Crippen molar-refractivity contribution in [1.29, 1.82) is 0 Å². The molecule has 0 unspecified atom stereocenters. The number of ether oxygens (including phenoxy) is 1. The van der Waals surface area contributed by atoms with Gasteiger partial charge in [-0.05, 0) is 36.4 Å². The maximum absolute atomic E-state index is 13.8. The number of aromatic amines is 2. The van der Waals surface area contributed by atoms with Gasteiger partial charge >= 0.3 is 5.97 Å². The Kier molecular flexibility index (Phi) is 5.24. The van der Waals surface area contributed by atoms with Gasteiger partial charge in [0, 0.05) is 27.5 Å². The molecule has 0 aliphatic carbocycles. The Balaban J connectivity index is 1.38. The SMILES string of the molecule is O=C(Nc1ccc2[nH]c(C(=O)Oc3c(F)c(F)c(F)c(F)c3F)cc2c1)c1cc2ccccc2[nH]1. The highest BCUT2D eigenvalue weighted by Crippen LogP contribution is 2.30. The zero-order valence-electron chi connectivity index (χ0n) is 17.3. The molecule has 0 saturated heterocycles. The summed E-state index contributed by atoms with van der Waals surface area (Å²) in [6.45, 7) is 0. The summed E-state index contributed by atoms with van der Waals surface area (Å²) in [5.41, 5.74) is 1.56. The minimum absolute atomic E-state index is 0.317. The number of benzene rings is 3. The fourth-order valence-corrected chi connectivity index (χ4v) is 3.54. The molecule has 5 rings (SSSR count). The van der Waals surface area contributed by atoms with Crippen LogP contribution in [-0.2, 0) is 0 Å². The Bertz CT molecular complexity index is 1600. The number of H-pyrrole nitrogens is 2. The summed E-state index contributed by atoms with van der Waals surface area (Å²) in [6, 6.07) is 14.8. The lowest BCUT2D eigenvalue weighted by Gasteiger charge is -2.07. The van der Waals surface area contributed by atoms with E-state index >= 15 is 0 Å². The molecule has 5 aromatic rings. The minimum atomic E-state index is -2.37. The van der Waals surface area contributed by atoms with E-state index in [1.54, 1.807) is 12.1 Å². The third kappa shape index (κ3) is 3.86. The quantitative estimate of drug-likeness (QED) is 0.0987. The molecule has 3 N–H and O–H groups in total. The number of para-hydroxylation sites is 1. The van der Waals surface area contributed by atoms with Crippen LogP contribution in [0.5, 0.6) is 5.75 Å². The van der Waals surface area contributed by atoms with Crippen LogP contribution < -0.4 is 10.1 Å². The molecule has 0 aliphatic heterocycles. The molecule has 2 heterocycles. The molecule has 0 spiro atoms. The number of esters is 1. The van der Waals surface area contributed by atoms with Crippen LogP contribution in [0.3, 0.4) is 0 Å². The highest BCUT2D eigenvalue weighted by Gasteiger charge is 2.29. The summed E-state index contributed by atoms with van der Waals surface area (Å²) in [4.78, 5) is 30.5. The first kappa shape index (κ1) is 22.1. The number of anilines is 1. The van der Waals surface area contributed by atoms with E-state index in [1.807, 2.05) is 24.3 Å². The van der Waals surface area contributed by atoms with Crippen molar-refractivity contribution in [2.24, 2.45) is 0 Å². The molecular formula is C24H12F5N3O3. The van der Waals surface area contributed by atoms with Crippen LogP contribution in [0, 0.1) is 29.1 Å². The van der Waals surface area contributed by atoms with Gasteiger partial charge in [0.15, 0.2) is 0 Å². The first-order valence-corrected chi connectivity index (χ1v) is 9.98. The summed E-state index contributed by atoms with van der Waals surface area (Å²) in [5.74, 6) is -14.9. The molecule has 0 atom stereocenters. The van der Waals surface area contributed by atoms with Gasteiger partial charge in [-0.15, -0.1) is 0 Å². The number of aromatic nitrogens is 2. The average Bonchev–Trinajstić information content (AvgIpc) is 3.48. The van der Waals surface area contributed by atoms with Crippen LogP contribution in [0.15, 0.2) is 54.6 Å². The normalized spacial score (nSPS) is 11.2. The Morgan fingerprint density at radius 3 is 2.00 bits per heavy atom. The monoisotopic (exact) mass is 485 g/mol. The Morgan fingerprint density at radius 1 is 0.686 bits per heavy atom. The first-order valence-electron chi connectivity index (χ1n) is 9.98. The number of rotatable bonds is 4. The van der Waals surface area contributed by atoms with Crippen molar-refractivity contribution in [1.82, 2.24) is 9.97 Å². The van der Waals surface area contributed by atoms with E-state index in [2.05, 4.69) is 20.0 Å². The number of halogens is 5. The lowest BCUT2D eigenvalue weighted by Crippen LogP contribution is -2.14. The van der Waals surface area contributed by atoms with E-state index in [0.717, 1.165) is 10.9 Å². The second kappa shape index (κ2) is 8.28. The van der Waals surface area contributed by atoms with Gasteiger partial charge in [-0.1, -0.05) is 18.2 Å². The summed E-state index contributed by atoms with van der Waals surface area (Å²) in [7, 11) is 0. The lowest BCUT2D eigenvalue weighted by molar-refractivity contribution is 0.0710. The smallest absolute Gasteiger partial charge is 0.360 e. The predicted octanol–water partition coefficient (Wildman–Crippen LogP) is 5.82. The number of carbonyl (C=O) groups is 2. The molecule has 176 valence electrons. The van der Waals surface area contributed by atoms with Gasteiger partial charge in [-0.2, -0.15) is 8.78 Å². The second-order valence-electron chi connectivity index (χ2n) is 7.50. The van der Waals surface area contributed by atoms with Crippen LogP contribution in [0.4, 0.5) is 27.6 Å². The molecule has 0 radical (unpaired) electrons. The van der Waals surface area contributed by atoms with Crippen molar-refractivity contribution >= 4 is 39.4 Å². The van der Waals surface area contributed by atoms with Gasteiger partial charge in [0.1, 0.15) is 11.4 Å². The summed E-state index contributed by atoms with van der Waals surface area (Å²) < 4.78 is 72.0. The third-order valence-electron chi connectivity index (χ3n) is 5.24. The molecule has 35 heavy (non-hydrogen) atoms. The molecular weight excluding hydrogens is 473 g/mol. The highest BCUT2D eigenvalue weighted by molar-refractivity contribution is 6.07. The molecule has 0 saturated carbocycles. The van der Waals surface area contributed by atoms with Crippen molar-refractivity contribution in [3.05, 3.63) is 95.1 Å². The largest absolute Gasteiger partial charge is 0.415 e. The molecule has 3 aromatic carbocycles. The van der Waals surface area contributed by atoms with E-state index < -0.39 is 46.7 Å². The highest BCUT2D eigenvalue weighted by atomic mass is 19.2. The van der Waals surface area contributed by atoms with E-state index in [4.69, 9.17) is 0 Å². The number of hydrogen-bond donors (Lipinski definition) is 3. The van der Waals surface area contributed by atoms with Gasteiger partial charge in [-0.3, -0.25) is 4.79 Å². The average molecular weight is 485 g/mol. The summed E-state index contributed by atoms with van der Waals surface area (Å²) in [5, 5.41) is 3.97. The number of nitrogens with one attached hydrogen (secondary N) is 3. The zero-order chi connectivity index (χ0) is 24.9. The Labute approximate surface area is 192 Å². The molecule has 0 aliphatic rings. The zero-order valence-corrected chi connectivity index (χ0v) is 17.3. The van der Waals surface area contributed by atoms with Gasteiger partial charge in [0.25, 0.3) is 5.91 Å². The fraction of sp³-hybridized carbons (Fsp3) is 0. The van der Waals surface area contributed by atoms with Crippen molar-refractivity contribution in [2.75, 3.05) is 5.32 Å². The molecule has 0 fully saturated rings. The van der Waals surface area contributed by atoms with Crippen LogP contribution >= 0.6 is 0 Å². The number of hydrogen-bond acceptors (Lipinski definition) is 3. The Morgan fingerprint density at radius 2 is 1.29 bits per heavy atom. The van der Waals surface area contributed by atoms with Crippen LogP contribution in [-0.4, -0.2) is 21.8 Å². The molecule has 1 amide bonds. The number of fused-ring (bicyclic) bond motifs is 2.